The maximum absolute atomic E-state index is 12.4. The van der Waals surface area contributed by atoms with Crippen LogP contribution in [0.25, 0.3) is 6.08 Å². The average molecular weight is 408 g/mol. The number of nitrogens with one attached hydrogen (secondary N) is 1. The van der Waals surface area contributed by atoms with Crippen molar-refractivity contribution in [3.8, 4) is 23.0 Å². The van der Waals surface area contributed by atoms with Crippen LogP contribution in [-0.4, -0.2) is 31.6 Å². The number of carbonyl (C=O) groups excluding carboxylic acids is 1. The van der Waals surface area contributed by atoms with E-state index in [-0.39, 0.29) is 24.7 Å². The van der Waals surface area contributed by atoms with Crippen LogP contribution >= 0.6 is 0 Å². The predicted octanol–water partition coefficient (Wildman–Crippen LogP) is 3.67. The Hall–Kier alpha value is -3.48. The molecule has 0 saturated carbocycles. The van der Waals surface area contributed by atoms with E-state index in [0.717, 1.165) is 16.9 Å². The van der Waals surface area contributed by atoms with Gasteiger partial charge in [0.2, 0.25) is 12.9 Å². The minimum Gasteiger partial charge on any atom is -0.485 e. The van der Waals surface area contributed by atoms with Crippen LogP contribution in [-0.2, 0) is 10.2 Å². The molecule has 0 fully saturated rings. The molecule has 2 heterocycles. The van der Waals surface area contributed by atoms with Crippen LogP contribution in [0.15, 0.2) is 47.6 Å². The van der Waals surface area contributed by atoms with Crippen molar-refractivity contribution in [2.45, 2.75) is 32.3 Å². The number of fused-ring (bicyclic) bond motifs is 2. The molecular weight excluding hydrogens is 384 g/mol. The smallest absolute Gasteiger partial charge is 0.284 e. The Morgan fingerprint density at radius 1 is 1.03 bits per heavy atom. The lowest BCUT2D eigenvalue weighted by atomic mass is 9.87. The molecule has 2 aromatic rings. The fraction of sp³-hybridized carbons (Fsp3) is 0.304. The number of hydrazone groups is 1. The highest BCUT2D eigenvalue weighted by atomic mass is 16.7. The first kappa shape index (κ1) is 19.8. The minimum absolute atomic E-state index is 0.0256. The number of ether oxygens (including phenoxy) is 4. The highest BCUT2D eigenvalue weighted by molar-refractivity contribution is 5.84. The summed E-state index contributed by atoms with van der Waals surface area (Å²) in [4.78, 5) is 12.4. The summed E-state index contributed by atoms with van der Waals surface area (Å²) < 4.78 is 22.1. The van der Waals surface area contributed by atoms with E-state index in [1.807, 2.05) is 42.5 Å². The molecule has 0 aromatic heterocycles. The SMILES string of the molecule is CC(C)(C)c1ccc2c(c1)OC(C(=O)NN=CC=Cc1ccc3c(c1)OCO3)CO2. The zero-order valence-electron chi connectivity index (χ0n) is 17.2. The standard InChI is InChI=1S/C23H24N2O5/c1-23(2,3)16-7-9-18-20(12-16)30-21(13-27-18)22(26)25-24-10-4-5-15-6-8-17-19(11-15)29-14-28-17/h4-12,21H,13-14H2,1-3H3,(H,25,26). The number of nitrogens with zero attached hydrogens (tertiary/aromatic N) is 1. The van der Waals surface area contributed by atoms with Gasteiger partial charge in [-0.3, -0.25) is 4.79 Å². The summed E-state index contributed by atoms with van der Waals surface area (Å²) >= 11 is 0. The van der Waals surface area contributed by atoms with Crippen molar-refractivity contribution < 1.29 is 23.7 Å². The van der Waals surface area contributed by atoms with Crippen molar-refractivity contribution in [3.63, 3.8) is 0 Å². The molecule has 7 heteroatoms. The average Bonchev–Trinajstić information content (AvgIpc) is 3.19. The number of allylic oxidation sites excluding steroid dienone is 1. The van der Waals surface area contributed by atoms with Gasteiger partial charge in [0, 0.05) is 6.21 Å². The van der Waals surface area contributed by atoms with E-state index in [9.17, 15) is 4.79 Å². The van der Waals surface area contributed by atoms with Gasteiger partial charge in [-0.05, 0) is 46.9 Å². The normalized spacial score (nSPS) is 17.5. The van der Waals surface area contributed by atoms with E-state index >= 15 is 0 Å². The predicted molar refractivity (Wildman–Crippen MR) is 113 cm³/mol. The van der Waals surface area contributed by atoms with Crippen molar-refractivity contribution >= 4 is 18.2 Å². The molecule has 2 aliphatic rings. The summed E-state index contributed by atoms with van der Waals surface area (Å²) in [5.41, 5.74) is 4.51. The van der Waals surface area contributed by atoms with Crippen LogP contribution in [0.5, 0.6) is 23.0 Å². The Kier molecular flexibility index (Phi) is 5.35. The van der Waals surface area contributed by atoms with Gasteiger partial charge in [0.1, 0.15) is 6.61 Å². The highest BCUT2D eigenvalue weighted by Gasteiger charge is 2.28. The molecule has 156 valence electrons. The molecule has 0 radical (unpaired) electrons. The molecule has 30 heavy (non-hydrogen) atoms. The maximum atomic E-state index is 12.4. The highest BCUT2D eigenvalue weighted by Crippen LogP contribution is 2.36. The third-order valence-electron chi connectivity index (χ3n) is 4.78. The molecule has 0 spiro atoms. The van der Waals surface area contributed by atoms with Crippen molar-refractivity contribution in [2.24, 2.45) is 5.10 Å². The molecule has 1 amide bonds. The summed E-state index contributed by atoms with van der Waals surface area (Å²) in [5.74, 6) is 2.29. The second kappa shape index (κ2) is 8.10. The Balaban J connectivity index is 1.32. The lowest BCUT2D eigenvalue weighted by molar-refractivity contribution is -0.130. The van der Waals surface area contributed by atoms with E-state index in [0.29, 0.717) is 17.2 Å². The van der Waals surface area contributed by atoms with Gasteiger partial charge >= 0.3 is 0 Å². The molecule has 1 atom stereocenters. The van der Waals surface area contributed by atoms with E-state index in [4.69, 9.17) is 18.9 Å². The first-order valence-corrected chi connectivity index (χ1v) is 9.73. The molecule has 1 unspecified atom stereocenters. The number of carbonyl (C=O) groups is 1. The summed E-state index contributed by atoms with van der Waals surface area (Å²) in [5, 5.41) is 3.94. The Bertz CT molecular complexity index is 1010. The van der Waals surface area contributed by atoms with Gasteiger partial charge in [-0.1, -0.05) is 39.0 Å². The van der Waals surface area contributed by atoms with Crippen LogP contribution < -0.4 is 24.4 Å². The van der Waals surface area contributed by atoms with E-state index in [1.54, 1.807) is 6.08 Å². The second-order valence-electron chi connectivity index (χ2n) is 8.06. The van der Waals surface area contributed by atoms with Gasteiger partial charge < -0.3 is 18.9 Å². The zero-order valence-corrected chi connectivity index (χ0v) is 17.2. The van der Waals surface area contributed by atoms with E-state index in [1.165, 1.54) is 6.21 Å². The summed E-state index contributed by atoms with van der Waals surface area (Å²) in [6, 6.07) is 11.5. The number of rotatable bonds is 4. The van der Waals surface area contributed by atoms with Crippen LogP contribution in [0.1, 0.15) is 31.9 Å². The molecule has 1 N–H and O–H groups in total. The third-order valence-corrected chi connectivity index (χ3v) is 4.78. The lowest BCUT2D eigenvalue weighted by Gasteiger charge is -2.27. The van der Waals surface area contributed by atoms with Gasteiger partial charge in [0.15, 0.2) is 23.0 Å². The van der Waals surface area contributed by atoms with Crippen molar-refractivity contribution in [1.82, 2.24) is 5.43 Å². The number of hydrogen-bond donors (Lipinski definition) is 1. The first-order chi connectivity index (χ1) is 14.4. The van der Waals surface area contributed by atoms with E-state index in [2.05, 4.69) is 31.3 Å². The topological polar surface area (TPSA) is 78.4 Å². The second-order valence-corrected chi connectivity index (χ2v) is 8.06. The zero-order chi connectivity index (χ0) is 21.1. The van der Waals surface area contributed by atoms with Crippen LogP contribution in [0.4, 0.5) is 0 Å². The third kappa shape index (κ3) is 4.40. The fourth-order valence-electron chi connectivity index (χ4n) is 3.05. The maximum Gasteiger partial charge on any atom is 0.284 e. The van der Waals surface area contributed by atoms with Crippen LogP contribution in [0, 0.1) is 0 Å². The molecule has 0 aliphatic carbocycles. The van der Waals surface area contributed by atoms with Gasteiger partial charge in [-0.15, -0.1) is 0 Å². The van der Waals surface area contributed by atoms with Gasteiger partial charge in [0.05, 0.1) is 0 Å². The first-order valence-electron chi connectivity index (χ1n) is 9.73. The Morgan fingerprint density at radius 2 is 1.80 bits per heavy atom. The summed E-state index contributed by atoms with van der Waals surface area (Å²) in [7, 11) is 0. The molecule has 4 rings (SSSR count). The molecular formula is C23H24N2O5. The minimum atomic E-state index is -0.761. The quantitative estimate of drug-likeness (QED) is 0.617. The van der Waals surface area contributed by atoms with Crippen molar-refractivity contribution in [3.05, 3.63) is 53.6 Å². The molecule has 7 nitrogen and oxygen atoms in total. The summed E-state index contributed by atoms with van der Waals surface area (Å²) in [6.07, 6.45) is 4.31. The number of benzene rings is 2. The summed E-state index contributed by atoms with van der Waals surface area (Å²) in [6.45, 7) is 6.73. The van der Waals surface area contributed by atoms with Gasteiger partial charge in [0.25, 0.3) is 5.91 Å². The van der Waals surface area contributed by atoms with Gasteiger partial charge in [-0.2, -0.15) is 5.10 Å². The fourth-order valence-corrected chi connectivity index (χ4v) is 3.05. The van der Waals surface area contributed by atoms with Crippen molar-refractivity contribution in [2.75, 3.05) is 13.4 Å². The molecule has 2 aliphatic heterocycles. The Labute approximate surface area is 175 Å². The Morgan fingerprint density at radius 3 is 2.63 bits per heavy atom. The number of amides is 1. The largest absolute Gasteiger partial charge is 0.485 e. The molecule has 2 aromatic carbocycles. The van der Waals surface area contributed by atoms with Gasteiger partial charge in [-0.25, -0.2) is 5.43 Å². The molecule has 0 bridgehead atoms. The van der Waals surface area contributed by atoms with E-state index < -0.39 is 6.10 Å². The monoisotopic (exact) mass is 408 g/mol. The lowest BCUT2D eigenvalue weighted by Crippen LogP contribution is -2.42. The van der Waals surface area contributed by atoms with Crippen LogP contribution in [0.2, 0.25) is 0 Å². The van der Waals surface area contributed by atoms with Crippen LogP contribution in [0.3, 0.4) is 0 Å². The van der Waals surface area contributed by atoms with Crippen molar-refractivity contribution in [1.29, 1.82) is 0 Å². The molecule has 0 saturated heterocycles. The number of hydrogen-bond acceptors (Lipinski definition) is 6.